The van der Waals surface area contributed by atoms with E-state index in [9.17, 15) is 26.3 Å². The van der Waals surface area contributed by atoms with E-state index >= 15 is 0 Å². The van der Waals surface area contributed by atoms with Gasteiger partial charge in [-0.2, -0.15) is 26.3 Å². The highest BCUT2D eigenvalue weighted by molar-refractivity contribution is 7.18. The SMILES string of the molecule is FC(F)(F)c1ccc(-c2cccc(-c3nnc(-c4cc(-c5ccccc5)cc(-c5nnc(-c6cccc(-c7ccc(C(F)(F)F)cc7)n6)s5)c4)s3)n2)cc1. The number of rotatable bonds is 7. The summed E-state index contributed by atoms with van der Waals surface area (Å²) in [5.74, 6) is 0. The largest absolute Gasteiger partial charge is 0.416 e. The number of pyridine rings is 2. The maximum absolute atomic E-state index is 13.1. The lowest BCUT2D eigenvalue weighted by atomic mass is 10.00. The van der Waals surface area contributed by atoms with Gasteiger partial charge in [0.05, 0.1) is 22.5 Å². The molecule has 0 atom stereocenters. The van der Waals surface area contributed by atoms with Crippen LogP contribution in [0.2, 0.25) is 0 Å². The van der Waals surface area contributed by atoms with Crippen LogP contribution in [-0.2, 0) is 12.4 Å². The molecule has 0 spiro atoms. The highest BCUT2D eigenvalue weighted by atomic mass is 32.1. The van der Waals surface area contributed by atoms with Gasteiger partial charge in [-0.1, -0.05) is 89.4 Å². The number of benzene rings is 4. The summed E-state index contributed by atoms with van der Waals surface area (Å²) in [7, 11) is 0. The van der Waals surface area contributed by atoms with Crippen LogP contribution in [0.15, 0.2) is 133 Å². The second-order valence-corrected chi connectivity index (χ2v) is 13.9. The minimum atomic E-state index is -4.43. The number of hydrogen-bond acceptors (Lipinski definition) is 8. The van der Waals surface area contributed by atoms with Crippen molar-refractivity contribution in [1.82, 2.24) is 30.4 Å². The first-order valence-electron chi connectivity index (χ1n) is 16.2. The predicted octanol–water partition coefficient (Wildman–Crippen LogP) is 11.9. The third-order valence-corrected chi connectivity index (χ3v) is 10.3. The normalized spacial score (nSPS) is 11.9. The smallest absolute Gasteiger partial charge is 0.245 e. The molecule has 0 bridgehead atoms. The van der Waals surface area contributed by atoms with Crippen molar-refractivity contribution in [2.75, 3.05) is 0 Å². The van der Waals surface area contributed by atoms with Gasteiger partial charge in [-0.25, -0.2) is 9.97 Å². The molecule has 4 heterocycles. The summed E-state index contributed by atoms with van der Waals surface area (Å²) in [4.78, 5) is 9.34. The summed E-state index contributed by atoms with van der Waals surface area (Å²) in [6, 6.07) is 36.0. The minimum Gasteiger partial charge on any atom is -0.245 e. The lowest BCUT2D eigenvalue weighted by Crippen LogP contribution is -2.04. The van der Waals surface area contributed by atoms with Gasteiger partial charge in [-0.3, -0.25) is 0 Å². The molecule has 0 saturated carbocycles. The molecule has 266 valence electrons. The average molecular weight is 765 g/mol. The Hall–Kier alpha value is -6.12. The van der Waals surface area contributed by atoms with Crippen molar-refractivity contribution >= 4 is 22.7 Å². The topological polar surface area (TPSA) is 77.3 Å². The Morgan fingerprint density at radius 3 is 1.15 bits per heavy atom. The minimum absolute atomic E-state index is 0.498. The molecule has 4 aromatic heterocycles. The second kappa shape index (κ2) is 14.0. The molecule has 0 fully saturated rings. The average Bonchev–Trinajstić information content (AvgIpc) is 3.90. The molecule has 0 unspecified atom stereocenters. The second-order valence-electron chi connectivity index (χ2n) is 12.0. The van der Waals surface area contributed by atoms with E-state index in [0.29, 0.717) is 53.9 Å². The molecule has 0 saturated heterocycles. The molecule has 0 amide bonds. The van der Waals surface area contributed by atoms with Crippen LogP contribution in [0.1, 0.15) is 11.1 Å². The van der Waals surface area contributed by atoms with Gasteiger partial charge in [0.15, 0.2) is 10.0 Å². The van der Waals surface area contributed by atoms with Crippen LogP contribution in [0.3, 0.4) is 0 Å². The van der Waals surface area contributed by atoms with E-state index in [0.717, 1.165) is 46.5 Å². The van der Waals surface area contributed by atoms with Crippen molar-refractivity contribution in [3.8, 4) is 76.2 Å². The highest BCUT2D eigenvalue weighted by Gasteiger charge is 2.31. The summed E-state index contributed by atoms with van der Waals surface area (Å²) in [6.45, 7) is 0. The molecule has 8 rings (SSSR count). The lowest BCUT2D eigenvalue weighted by Gasteiger charge is -2.08. The molecular formula is C40H22F6N6S2. The highest BCUT2D eigenvalue weighted by Crippen LogP contribution is 2.39. The Morgan fingerprint density at radius 2 is 0.722 bits per heavy atom. The molecule has 14 heteroatoms. The number of halogens is 6. The number of aromatic nitrogens is 6. The van der Waals surface area contributed by atoms with Gasteiger partial charge < -0.3 is 0 Å². The zero-order valence-corrected chi connectivity index (χ0v) is 29.1. The predicted molar refractivity (Wildman–Crippen MR) is 197 cm³/mol. The van der Waals surface area contributed by atoms with E-state index in [4.69, 9.17) is 0 Å². The molecule has 0 aliphatic rings. The summed E-state index contributed by atoms with van der Waals surface area (Å²) in [5.41, 5.74) is 5.05. The number of alkyl halides is 6. The van der Waals surface area contributed by atoms with E-state index in [-0.39, 0.29) is 0 Å². The summed E-state index contributed by atoms with van der Waals surface area (Å²) >= 11 is 2.64. The standard InChI is InChI=1S/C40H22F6N6S2/c41-39(42,43)29-16-12-24(13-17-29)31-8-4-10-33(47-31)37-51-49-35(53-37)27-20-26(23-6-2-1-3-7-23)21-28(22-27)36-50-52-38(54-36)34-11-5-9-32(48-34)25-14-18-30(19-15-25)40(44,45)46/h1-22H. The zero-order chi connectivity index (χ0) is 37.5. The van der Waals surface area contributed by atoms with Gasteiger partial charge in [0.1, 0.15) is 21.4 Å². The Bertz CT molecular complexity index is 2430. The summed E-state index contributed by atoms with van der Waals surface area (Å²) in [6.07, 6.45) is -8.87. The van der Waals surface area contributed by atoms with Gasteiger partial charge in [-0.15, -0.1) is 20.4 Å². The molecule has 8 aromatic rings. The Labute approximate surface area is 311 Å². The summed E-state index contributed by atoms with van der Waals surface area (Å²) < 4.78 is 78.6. The molecular weight excluding hydrogens is 743 g/mol. The van der Waals surface area contributed by atoms with Crippen molar-refractivity contribution < 1.29 is 26.3 Å². The number of hydrogen-bond donors (Lipinski definition) is 0. The van der Waals surface area contributed by atoms with Crippen LogP contribution < -0.4 is 0 Å². The quantitative estimate of drug-likeness (QED) is 0.150. The van der Waals surface area contributed by atoms with Crippen molar-refractivity contribution in [2.45, 2.75) is 12.4 Å². The molecule has 0 aliphatic carbocycles. The summed E-state index contributed by atoms with van der Waals surface area (Å²) in [5, 5.41) is 20.1. The molecule has 54 heavy (non-hydrogen) atoms. The van der Waals surface area contributed by atoms with Crippen LogP contribution in [0.25, 0.3) is 76.2 Å². The first-order valence-corrected chi connectivity index (χ1v) is 17.8. The third-order valence-electron chi connectivity index (χ3n) is 8.34. The Balaban J connectivity index is 1.11. The van der Waals surface area contributed by atoms with Gasteiger partial charge >= 0.3 is 12.4 Å². The fourth-order valence-corrected chi connectivity index (χ4v) is 7.25. The van der Waals surface area contributed by atoms with E-state index in [1.54, 1.807) is 36.4 Å². The fourth-order valence-electron chi connectivity index (χ4n) is 5.65. The van der Waals surface area contributed by atoms with E-state index in [1.165, 1.54) is 46.9 Å². The first kappa shape index (κ1) is 34.9. The monoisotopic (exact) mass is 764 g/mol. The van der Waals surface area contributed by atoms with Crippen LogP contribution in [0.5, 0.6) is 0 Å². The molecule has 0 radical (unpaired) electrons. The van der Waals surface area contributed by atoms with Crippen molar-refractivity contribution in [1.29, 1.82) is 0 Å². The zero-order valence-electron chi connectivity index (χ0n) is 27.5. The molecule has 0 N–H and O–H groups in total. The van der Waals surface area contributed by atoms with E-state index in [1.807, 2.05) is 48.5 Å². The van der Waals surface area contributed by atoms with E-state index < -0.39 is 23.5 Å². The van der Waals surface area contributed by atoms with Gasteiger partial charge in [-0.05, 0) is 77.9 Å². The number of nitrogens with zero attached hydrogens (tertiary/aromatic N) is 6. The van der Waals surface area contributed by atoms with Gasteiger partial charge in [0.2, 0.25) is 0 Å². The van der Waals surface area contributed by atoms with Crippen molar-refractivity contribution in [2.24, 2.45) is 0 Å². The van der Waals surface area contributed by atoms with Crippen LogP contribution in [0.4, 0.5) is 26.3 Å². The van der Waals surface area contributed by atoms with Crippen molar-refractivity contribution in [3.05, 3.63) is 145 Å². The third kappa shape index (κ3) is 7.38. The maximum atomic E-state index is 13.1. The van der Waals surface area contributed by atoms with Crippen LogP contribution in [-0.4, -0.2) is 30.4 Å². The van der Waals surface area contributed by atoms with Crippen LogP contribution in [0, 0.1) is 0 Å². The lowest BCUT2D eigenvalue weighted by molar-refractivity contribution is -0.138. The van der Waals surface area contributed by atoms with E-state index in [2.05, 4.69) is 30.4 Å². The molecule has 4 aromatic carbocycles. The van der Waals surface area contributed by atoms with Gasteiger partial charge in [0.25, 0.3) is 0 Å². The van der Waals surface area contributed by atoms with Crippen molar-refractivity contribution in [3.63, 3.8) is 0 Å². The maximum Gasteiger partial charge on any atom is 0.416 e. The van der Waals surface area contributed by atoms with Gasteiger partial charge in [0, 0.05) is 22.3 Å². The fraction of sp³-hybridized carbons (Fsp3) is 0.0500. The molecule has 6 nitrogen and oxygen atoms in total. The van der Waals surface area contributed by atoms with Crippen LogP contribution >= 0.6 is 22.7 Å². The Kier molecular flexibility index (Phi) is 9.07. The Morgan fingerprint density at radius 1 is 0.333 bits per heavy atom. The molecule has 0 aliphatic heterocycles. The first-order chi connectivity index (χ1) is 26.0.